The molecule has 0 radical (unpaired) electrons. The van der Waals surface area contributed by atoms with Gasteiger partial charge in [0.2, 0.25) is 5.95 Å². The first-order valence-corrected chi connectivity index (χ1v) is 8.21. The molecule has 1 saturated heterocycles. The van der Waals surface area contributed by atoms with Crippen LogP contribution in [0, 0.1) is 11.3 Å². The third-order valence-electron chi connectivity index (χ3n) is 4.51. The summed E-state index contributed by atoms with van der Waals surface area (Å²) in [4.78, 5) is 35.2. The van der Waals surface area contributed by atoms with Gasteiger partial charge in [0, 0.05) is 46.3 Å². The fraction of sp³-hybridized carbons (Fsp3) is 0.600. The lowest BCUT2D eigenvalue weighted by molar-refractivity contribution is 0.188. The van der Waals surface area contributed by atoms with E-state index in [0.29, 0.717) is 43.3 Å². The number of anilines is 1. The van der Waals surface area contributed by atoms with Crippen molar-refractivity contribution in [1.82, 2.24) is 24.0 Å². The summed E-state index contributed by atoms with van der Waals surface area (Å²) in [6.07, 6.45) is 0.241. The molecular formula is C15H21N7O3. The van der Waals surface area contributed by atoms with Gasteiger partial charge >= 0.3 is 5.69 Å². The average Bonchev–Trinajstić information content (AvgIpc) is 2.99. The van der Waals surface area contributed by atoms with E-state index in [-0.39, 0.29) is 13.0 Å². The molecule has 0 spiro atoms. The summed E-state index contributed by atoms with van der Waals surface area (Å²) in [5.41, 5.74) is -0.375. The first kappa shape index (κ1) is 17.2. The molecule has 0 atom stereocenters. The lowest BCUT2D eigenvalue weighted by atomic mass is 10.3. The van der Waals surface area contributed by atoms with Crippen LogP contribution in [-0.4, -0.2) is 68.4 Å². The minimum absolute atomic E-state index is 0.123. The van der Waals surface area contributed by atoms with Crippen LogP contribution >= 0.6 is 0 Å². The molecule has 3 heterocycles. The number of aliphatic hydroxyl groups excluding tert-OH is 1. The third kappa shape index (κ3) is 3.16. The maximum Gasteiger partial charge on any atom is 0.329 e. The highest BCUT2D eigenvalue weighted by Crippen LogP contribution is 2.21. The number of H-pyrrole nitrogens is 1. The molecule has 1 aliphatic heterocycles. The molecule has 2 N–H and O–H groups in total. The first-order valence-electron chi connectivity index (χ1n) is 8.21. The quantitative estimate of drug-likeness (QED) is 0.671. The highest BCUT2D eigenvalue weighted by Gasteiger charge is 2.24. The molecule has 1 aliphatic rings. The highest BCUT2D eigenvalue weighted by molar-refractivity contribution is 5.74. The zero-order valence-corrected chi connectivity index (χ0v) is 14.1. The van der Waals surface area contributed by atoms with Gasteiger partial charge in [-0.05, 0) is 0 Å². The molecular weight excluding hydrogens is 326 g/mol. The van der Waals surface area contributed by atoms with Crippen LogP contribution in [0.5, 0.6) is 0 Å². The largest absolute Gasteiger partial charge is 0.395 e. The maximum atomic E-state index is 12.3. The van der Waals surface area contributed by atoms with E-state index in [4.69, 9.17) is 10.4 Å². The Morgan fingerprint density at radius 3 is 2.60 bits per heavy atom. The molecule has 0 bridgehead atoms. The van der Waals surface area contributed by atoms with Gasteiger partial charge in [0.05, 0.1) is 19.1 Å². The second kappa shape index (κ2) is 7.08. The van der Waals surface area contributed by atoms with Gasteiger partial charge in [-0.3, -0.25) is 19.2 Å². The van der Waals surface area contributed by atoms with Crippen LogP contribution < -0.4 is 16.1 Å². The Labute approximate surface area is 143 Å². The number of nitriles is 1. The number of aromatic nitrogens is 4. The molecule has 1 fully saturated rings. The molecule has 0 aromatic carbocycles. The number of hydrogen-bond donors (Lipinski definition) is 2. The summed E-state index contributed by atoms with van der Waals surface area (Å²) in [5.74, 6) is 0.598. The van der Waals surface area contributed by atoms with E-state index in [1.54, 1.807) is 11.6 Å². The summed E-state index contributed by atoms with van der Waals surface area (Å²) in [6.45, 7) is 4.03. The number of rotatable bonds is 5. The molecule has 2 aromatic heterocycles. The van der Waals surface area contributed by atoms with E-state index in [0.717, 1.165) is 13.1 Å². The van der Waals surface area contributed by atoms with Crippen molar-refractivity contribution < 1.29 is 5.11 Å². The van der Waals surface area contributed by atoms with Crippen LogP contribution in [0.1, 0.15) is 6.42 Å². The van der Waals surface area contributed by atoms with Crippen LogP contribution in [0.25, 0.3) is 11.2 Å². The predicted octanol–water partition coefficient (Wildman–Crippen LogP) is -1.55. The van der Waals surface area contributed by atoms with E-state index in [9.17, 15) is 9.59 Å². The number of β-amino-alcohol motifs (C(OH)–C–C–N with tert-alkyl or cyclic N) is 1. The van der Waals surface area contributed by atoms with Crippen molar-refractivity contribution in [3.8, 4) is 6.07 Å². The third-order valence-corrected chi connectivity index (χ3v) is 4.51. The van der Waals surface area contributed by atoms with E-state index < -0.39 is 11.2 Å². The van der Waals surface area contributed by atoms with E-state index in [1.165, 1.54) is 4.57 Å². The number of fused-ring (bicyclic) bond motifs is 1. The topological polar surface area (TPSA) is 123 Å². The Morgan fingerprint density at radius 2 is 1.96 bits per heavy atom. The number of piperazine rings is 1. The predicted molar refractivity (Wildman–Crippen MR) is 91.6 cm³/mol. The number of aromatic amines is 1. The Balaban J connectivity index is 2.04. The summed E-state index contributed by atoms with van der Waals surface area (Å²) < 4.78 is 3.03. The second-order valence-electron chi connectivity index (χ2n) is 6.01. The van der Waals surface area contributed by atoms with Crippen molar-refractivity contribution in [3.63, 3.8) is 0 Å². The monoisotopic (exact) mass is 347 g/mol. The van der Waals surface area contributed by atoms with Gasteiger partial charge in [0.1, 0.15) is 0 Å². The van der Waals surface area contributed by atoms with Gasteiger partial charge in [-0.25, -0.2) is 4.79 Å². The maximum absolute atomic E-state index is 12.3. The van der Waals surface area contributed by atoms with Gasteiger partial charge in [-0.15, -0.1) is 0 Å². The summed E-state index contributed by atoms with van der Waals surface area (Å²) in [5, 5.41) is 18.0. The fourth-order valence-corrected chi connectivity index (χ4v) is 3.15. The smallest absolute Gasteiger partial charge is 0.329 e. The van der Waals surface area contributed by atoms with Gasteiger partial charge in [0.15, 0.2) is 11.2 Å². The van der Waals surface area contributed by atoms with Crippen molar-refractivity contribution in [2.45, 2.75) is 13.0 Å². The SMILES string of the molecule is Cn1c(=O)[nH]c(=O)c2c1nc(N1CCN(CCO)CC1)n2CCC#N. The van der Waals surface area contributed by atoms with Gasteiger partial charge in [-0.1, -0.05) is 0 Å². The molecule has 3 rings (SSSR count). The normalized spacial score (nSPS) is 15.6. The van der Waals surface area contributed by atoms with E-state index in [2.05, 4.69) is 25.8 Å². The summed E-state index contributed by atoms with van der Waals surface area (Å²) in [6, 6.07) is 2.09. The second-order valence-corrected chi connectivity index (χ2v) is 6.01. The molecule has 10 nitrogen and oxygen atoms in total. The van der Waals surface area contributed by atoms with Gasteiger partial charge in [0.25, 0.3) is 5.56 Å². The Morgan fingerprint density at radius 1 is 1.24 bits per heavy atom. The Bertz CT molecular complexity index is 912. The Kier molecular flexibility index (Phi) is 4.87. The van der Waals surface area contributed by atoms with Gasteiger partial charge < -0.3 is 14.6 Å². The molecule has 134 valence electrons. The lowest BCUT2D eigenvalue weighted by Gasteiger charge is -2.35. The minimum Gasteiger partial charge on any atom is -0.395 e. The van der Waals surface area contributed by atoms with Crippen molar-refractivity contribution in [2.75, 3.05) is 44.2 Å². The fourth-order valence-electron chi connectivity index (χ4n) is 3.15. The molecule has 25 heavy (non-hydrogen) atoms. The number of hydrogen-bond acceptors (Lipinski definition) is 7. The van der Waals surface area contributed by atoms with Crippen molar-refractivity contribution in [1.29, 1.82) is 5.26 Å². The van der Waals surface area contributed by atoms with E-state index in [1.807, 2.05) is 0 Å². The molecule has 10 heteroatoms. The molecule has 0 unspecified atom stereocenters. The Hall–Kier alpha value is -2.64. The van der Waals surface area contributed by atoms with Gasteiger partial charge in [-0.2, -0.15) is 10.2 Å². The number of imidazole rings is 1. The standard InChI is InChI=1S/C15H21N7O3/c1-19-12-11(13(24)18-15(19)25)22(4-2-3-16)14(17-12)21-7-5-20(6-8-21)9-10-23/h23H,2,4-10H2,1H3,(H,18,24,25). The number of aryl methyl sites for hydroxylation is 2. The zero-order valence-electron chi connectivity index (χ0n) is 14.1. The van der Waals surface area contributed by atoms with Crippen LogP contribution in [-0.2, 0) is 13.6 Å². The molecule has 0 saturated carbocycles. The van der Waals surface area contributed by atoms with Crippen LogP contribution in [0.4, 0.5) is 5.95 Å². The summed E-state index contributed by atoms with van der Waals surface area (Å²) in [7, 11) is 1.56. The summed E-state index contributed by atoms with van der Waals surface area (Å²) >= 11 is 0. The minimum atomic E-state index is -0.512. The van der Waals surface area contributed by atoms with E-state index >= 15 is 0 Å². The first-order chi connectivity index (χ1) is 12.1. The van der Waals surface area contributed by atoms with Crippen molar-refractivity contribution in [3.05, 3.63) is 20.8 Å². The average molecular weight is 347 g/mol. The van der Waals surface area contributed by atoms with Crippen LogP contribution in [0.3, 0.4) is 0 Å². The van der Waals surface area contributed by atoms with Crippen LogP contribution in [0.15, 0.2) is 9.59 Å². The molecule has 0 amide bonds. The zero-order chi connectivity index (χ0) is 18.0. The number of aliphatic hydroxyl groups is 1. The van der Waals surface area contributed by atoms with Crippen molar-refractivity contribution >= 4 is 17.1 Å². The lowest BCUT2D eigenvalue weighted by Crippen LogP contribution is -2.48. The van der Waals surface area contributed by atoms with Crippen molar-refractivity contribution in [2.24, 2.45) is 7.05 Å². The number of nitrogens with one attached hydrogen (secondary N) is 1. The molecule has 0 aliphatic carbocycles. The van der Waals surface area contributed by atoms with Crippen LogP contribution in [0.2, 0.25) is 0 Å². The number of nitrogens with zero attached hydrogens (tertiary/aromatic N) is 6. The highest BCUT2D eigenvalue weighted by atomic mass is 16.3. The molecule has 2 aromatic rings.